The van der Waals surface area contributed by atoms with E-state index >= 15 is 0 Å². The largest absolute Gasteiger partial charge is 0.411 e. The van der Waals surface area contributed by atoms with Gasteiger partial charge in [0.2, 0.25) is 0 Å². The highest BCUT2D eigenvalue weighted by Crippen LogP contribution is 2.18. The number of carbonyl (C=O) groups is 1. The normalized spacial score (nSPS) is 11.4. The molecule has 0 bridgehead atoms. The smallest absolute Gasteiger partial charge is 0.257 e. The van der Waals surface area contributed by atoms with E-state index in [0.29, 0.717) is 22.1 Å². The molecule has 104 valence electrons. The number of thiazole rings is 1. The minimum atomic E-state index is -0.441. The number of aromatic nitrogens is 1. The minimum absolute atomic E-state index is 0.220. The summed E-state index contributed by atoms with van der Waals surface area (Å²) < 4.78 is 13.4. The van der Waals surface area contributed by atoms with Crippen LogP contribution in [0, 0.1) is 12.7 Å². The first-order valence-electron chi connectivity index (χ1n) is 5.73. The van der Waals surface area contributed by atoms with Gasteiger partial charge in [-0.3, -0.25) is 10.1 Å². The Morgan fingerprint density at radius 3 is 2.90 bits per heavy atom. The number of nitrogens with zero attached hydrogens (tertiary/aromatic N) is 2. The van der Waals surface area contributed by atoms with Gasteiger partial charge in [-0.1, -0.05) is 11.2 Å². The van der Waals surface area contributed by atoms with Crippen molar-refractivity contribution in [3.05, 3.63) is 46.2 Å². The lowest BCUT2D eigenvalue weighted by molar-refractivity contribution is 0.102. The number of anilines is 1. The first-order valence-corrected chi connectivity index (χ1v) is 6.61. The molecule has 0 fully saturated rings. The van der Waals surface area contributed by atoms with Gasteiger partial charge in [0.25, 0.3) is 5.91 Å². The second-order valence-electron chi connectivity index (χ2n) is 4.14. The van der Waals surface area contributed by atoms with E-state index in [1.807, 2.05) is 0 Å². The van der Waals surface area contributed by atoms with Crippen LogP contribution in [0.2, 0.25) is 0 Å². The van der Waals surface area contributed by atoms with Crippen molar-refractivity contribution in [3.63, 3.8) is 0 Å². The number of benzene rings is 1. The number of hydrogen-bond acceptors (Lipinski definition) is 5. The number of oxime groups is 1. The SMILES string of the molecule is CC(=NO)c1csc(NC(=O)c2ccc(C)c(F)c2)n1. The number of nitrogens with one attached hydrogen (secondary N) is 1. The van der Waals surface area contributed by atoms with Crippen LogP contribution < -0.4 is 5.32 Å². The van der Waals surface area contributed by atoms with Crippen molar-refractivity contribution in [2.75, 3.05) is 5.32 Å². The maximum absolute atomic E-state index is 13.4. The molecule has 7 heteroatoms. The van der Waals surface area contributed by atoms with Crippen molar-refractivity contribution in [2.45, 2.75) is 13.8 Å². The molecule has 1 aromatic heterocycles. The fourth-order valence-electron chi connectivity index (χ4n) is 1.45. The number of aryl methyl sites for hydroxylation is 1. The number of rotatable bonds is 3. The second kappa shape index (κ2) is 5.79. The van der Waals surface area contributed by atoms with Gasteiger partial charge in [-0.25, -0.2) is 9.37 Å². The Morgan fingerprint density at radius 1 is 1.50 bits per heavy atom. The summed E-state index contributed by atoms with van der Waals surface area (Å²) in [5.74, 6) is -0.871. The lowest BCUT2D eigenvalue weighted by Crippen LogP contribution is -2.12. The maximum Gasteiger partial charge on any atom is 0.257 e. The monoisotopic (exact) mass is 293 g/mol. The van der Waals surface area contributed by atoms with Crippen LogP contribution in [0.3, 0.4) is 0 Å². The van der Waals surface area contributed by atoms with E-state index in [-0.39, 0.29) is 5.56 Å². The highest BCUT2D eigenvalue weighted by molar-refractivity contribution is 7.14. The Balaban J connectivity index is 2.15. The molecule has 0 aliphatic heterocycles. The summed E-state index contributed by atoms with van der Waals surface area (Å²) in [6.07, 6.45) is 0. The Labute approximate surface area is 118 Å². The van der Waals surface area contributed by atoms with E-state index in [9.17, 15) is 9.18 Å². The number of amides is 1. The highest BCUT2D eigenvalue weighted by Gasteiger charge is 2.11. The van der Waals surface area contributed by atoms with E-state index in [2.05, 4.69) is 15.5 Å². The predicted molar refractivity (Wildman–Crippen MR) is 75.2 cm³/mol. The zero-order valence-corrected chi connectivity index (χ0v) is 11.7. The molecular formula is C13H12FN3O2S. The highest BCUT2D eigenvalue weighted by atomic mass is 32.1. The summed E-state index contributed by atoms with van der Waals surface area (Å²) >= 11 is 1.19. The van der Waals surface area contributed by atoms with Crippen molar-refractivity contribution in [2.24, 2.45) is 5.16 Å². The lowest BCUT2D eigenvalue weighted by atomic mass is 10.1. The molecular weight excluding hydrogens is 281 g/mol. The molecule has 1 amide bonds. The fourth-order valence-corrected chi connectivity index (χ4v) is 2.20. The van der Waals surface area contributed by atoms with Crippen LogP contribution in [0.15, 0.2) is 28.7 Å². The Hall–Kier alpha value is -2.28. The third-order valence-electron chi connectivity index (χ3n) is 2.68. The van der Waals surface area contributed by atoms with Crippen molar-refractivity contribution in [1.82, 2.24) is 4.98 Å². The molecule has 2 rings (SSSR count). The third kappa shape index (κ3) is 3.00. The standard InChI is InChI=1S/C13H12FN3O2S/c1-7-3-4-9(5-10(7)14)12(18)16-13-15-11(6-20-13)8(2)17-19/h3-6,19H,1-2H3,(H,15,16,18). The molecule has 0 spiro atoms. The van der Waals surface area contributed by atoms with Gasteiger partial charge in [0.15, 0.2) is 5.13 Å². The lowest BCUT2D eigenvalue weighted by Gasteiger charge is -2.03. The molecule has 1 heterocycles. The van der Waals surface area contributed by atoms with Gasteiger partial charge >= 0.3 is 0 Å². The second-order valence-corrected chi connectivity index (χ2v) is 5.00. The van der Waals surface area contributed by atoms with Crippen LogP contribution in [0.1, 0.15) is 28.5 Å². The minimum Gasteiger partial charge on any atom is -0.411 e. The first kappa shape index (κ1) is 14.1. The van der Waals surface area contributed by atoms with Gasteiger partial charge in [0, 0.05) is 10.9 Å². The molecule has 0 atom stereocenters. The van der Waals surface area contributed by atoms with E-state index in [0.717, 1.165) is 0 Å². The van der Waals surface area contributed by atoms with Gasteiger partial charge in [-0.15, -0.1) is 11.3 Å². The van der Waals surface area contributed by atoms with Gasteiger partial charge in [-0.2, -0.15) is 0 Å². The summed E-state index contributed by atoms with van der Waals surface area (Å²) in [5.41, 5.74) is 1.52. The summed E-state index contributed by atoms with van der Waals surface area (Å²) in [6, 6.07) is 4.27. The van der Waals surface area contributed by atoms with Gasteiger partial charge < -0.3 is 5.21 Å². The molecule has 0 radical (unpaired) electrons. The Morgan fingerprint density at radius 2 is 2.25 bits per heavy atom. The molecule has 0 unspecified atom stereocenters. The van der Waals surface area contributed by atoms with E-state index in [1.165, 1.54) is 17.4 Å². The van der Waals surface area contributed by atoms with Crippen LogP contribution in [0.25, 0.3) is 0 Å². The molecule has 20 heavy (non-hydrogen) atoms. The number of halogens is 1. The molecule has 1 aromatic carbocycles. The van der Waals surface area contributed by atoms with E-state index < -0.39 is 11.7 Å². The van der Waals surface area contributed by atoms with Crippen LogP contribution in [-0.4, -0.2) is 21.8 Å². The first-order chi connectivity index (χ1) is 9.51. The molecule has 2 aromatic rings. The fraction of sp³-hybridized carbons (Fsp3) is 0.154. The van der Waals surface area contributed by atoms with E-state index in [4.69, 9.17) is 5.21 Å². The number of carbonyl (C=O) groups excluding carboxylic acids is 1. The predicted octanol–water partition coefficient (Wildman–Crippen LogP) is 3.04. The van der Waals surface area contributed by atoms with Crippen LogP contribution >= 0.6 is 11.3 Å². The van der Waals surface area contributed by atoms with Crippen molar-refractivity contribution in [3.8, 4) is 0 Å². The zero-order chi connectivity index (χ0) is 14.7. The average molecular weight is 293 g/mol. The van der Waals surface area contributed by atoms with Gasteiger partial charge in [-0.05, 0) is 31.5 Å². The maximum atomic E-state index is 13.4. The van der Waals surface area contributed by atoms with Crippen molar-refractivity contribution >= 4 is 28.1 Å². The van der Waals surface area contributed by atoms with E-state index in [1.54, 1.807) is 31.4 Å². The summed E-state index contributed by atoms with van der Waals surface area (Å²) in [4.78, 5) is 16.0. The Bertz CT molecular complexity index is 682. The molecule has 0 aliphatic carbocycles. The van der Waals surface area contributed by atoms with Crippen LogP contribution in [-0.2, 0) is 0 Å². The quantitative estimate of drug-likeness (QED) is 0.519. The third-order valence-corrected chi connectivity index (χ3v) is 3.44. The van der Waals surface area contributed by atoms with Crippen molar-refractivity contribution in [1.29, 1.82) is 0 Å². The van der Waals surface area contributed by atoms with Gasteiger partial charge in [0.05, 0.1) is 0 Å². The summed E-state index contributed by atoms with van der Waals surface area (Å²) in [7, 11) is 0. The summed E-state index contributed by atoms with van der Waals surface area (Å²) in [5, 5.41) is 16.2. The number of hydrogen-bond donors (Lipinski definition) is 2. The Kier molecular flexibility index (Phi) is 4.09. The molecule has 0 saturated heterocycles. The van der Waals surface area contributed by atoms with Crippen LogP contribution in [0.5, 0.6) is 0 Å². The molecule has 0 saturated carbocycles. The zero-order valence-electron chi connectivity index (χ0n) is 10.8. The van der Waals surface area contributed by atoms with Crippen molar-refractivity contribution < 1.29 is 14.4 Å². The van der Waals surface area contributed by atoms with Crippen LogP contribution in [0.4, 0.5) is 9.52 Å². The molecule has 0 aliphatic rings. The average Bonchev–Trinajstić information content (AvgIpc) is 2.89. The summed E-state index contributed by atoms with van der Waals surface area (Å²) in [6.45, 7) is 3.22. The molecule has 2 N–H and O–H groups in total. The molecule has 5 nitrogen and oxygen atoms in total. The topological polar surface area (TPSA) is 74.6 Å². The van der Waals surface area contributed by atoms with Gasteiger partial charge in [0.1, 0.15) is 17.2 Å².